The highest BCUT2D eigenvalue weighted by molar-refractivity contribution is 14.0. The highest BCUT2D eigenvalue weighted by atomic mass is 127. The number of amides is 1. The molecule has 0 radical (unpaired) electrons. The van der Waals surface area contributed by atoms with Crippen LogP contribution in [0.2, 0.25) is 0 Å². The highest BCUT2D eigenvalue weighted by Gasteiger charge is 2.35. The molecule has 2 aliphatic rings. The van der Waals surface area contributed by atoms with E-state index < -0.39 is 5.60 Å². The van der Waals surface area contributed by atoms with Crippen LogP contribution in [0.25, 0.3) is 0 Å². The number of ether oxygens (including phenoxy) is 1. The standard InChI is InChI=1S/C18H34N4O2.HI/c1-14-7-6-11-21(13-14)16(19-5)20-10-12-22(15-8-9-15)17(23)24-18(2,3)4;/h14-15H,6-13H2,1-5H3,(H,19,20);1H. The Morgan fingerprint density at radius 1 is 1.32 bits per heavy atom. The lowest BCUT2D eigenvalue weighted by atomic mass is 10.0. The maximum absolute atomic E-state index is 12.4. The Labute approximate surface area is 169 Å². The summed E-state index contributed by atoms with van der Waals surface area (Å²) in [7, 11) is 1.83. The Hall–Kier alpha value is -0.730. The number of piperidine rings is 1. The lowest BCUT2D eigenvalue weighted by molar-refractivity contribution is 0.0237. The Balaban J connectivity index is 0.00000312. The normalized spacial score (nSPS) is 21.4. The molecule has 0 aromatic rings. The summed E-state index contributed by atoms with van der Waals surface area (Å²) in [5, 5.41) is 3.42. The first kappa shape index (κ1) is 22.3. The number of carbonyl (C=O) groups excluding carboxylic acids is 1. The summed E-state index contributed by atoms with van der Waals surface area (Å²) in [5.41, 5.74) is -0.447. The van der Waals surface area contributed by atoms with Crippen LogP contribution in [0.5, 0.6) is 0 Å². The van der Waals surface area contributed by atoms with Gasteiger partial charge in [-0.2, -0.15) is 0 Å². The van der Waals surface area contributed by atoms with Crippen LogP contribution >= 0.6 is 24.0 Å². The number of nitrogens with one attached hydrogen (secondary N) is 1. The predicted molar refractivity (Wildman–Crippen MR) is 113 cm³/mol. The Morgan fingerprint density at radius 3 is 2.52 bits per heavy atom. The van der Waals surface area contributed by atoms with Gasteiger partial charge in [-0.05, 0) is 52.4 Å². The second-order valence-corrected chi connectivity index (χ2v) is 8.07. The van der Waals surface area contributed by atoms with Crippen molar-refractivity contribution in [2.45, 2.75) is 65.0 Å². The summed E-state index contributed by atoms with van der Waals surface area (Å²) >= 11 is 0. The largest absolute Gasteiger partial charge is 0.444 e. The van der Waals surface area contributed by atoms with Gasteiger partial charge < -0.3 is 19.9 Å². The zero-order valence-corrected chi connectivity index (χ0v) is 18.7. The molecule has 2 rings (SSSR count). The van der Waals surface area contributed by atoms with Gasteiger partial charge in [-0.15, -0.1) is 24.0 Å². The van der Waals surface area contributed by atoms with Crippen molar-refractivity contribution in [1.82, 2.24) is 15.1 Å². The average molecular weight is 466 g/mol. The molecule has 0 spiro atoms. The Kier molecular flexibility index (Phi) is 8.77. The van der Waals surface area contributed by atoms with Gasteiger partial charge in [0.2, 0.25) is 0 Å². The van der Waals surface area contributed by atoms with Crippen LogP contribution < -0.4 is 5.32 Å². The van der Waals surface area contributed by atoms with Crippen LogP contribution in [0.4, 0.5) is 4.79 Å². The number of rotatable bonds is 4. The number of guanidine groups is 1. The second kappa shape index (κ2) is 9.83. The van der Waals surface area contributed by atoms with Gasteiger partial charge in [0, 0.05) is 39.3 Å². The van der Waals surface area contributed by atoms with Crippen molar-refractivity contribution in [3.8, 4) is 0 Å². The molecule has 0 aromatic heterocycles. The van der Waals surface area contributed by atoms with E-state index in [9.17, 15) is 4.79 Å². The summed E-state index contributed by atoms with van der Waals surface area (Å²) in [6.07, 6.45) is 4.47. The summed E-state index contributed by atoms with van der Waals surface area (Å²) < 4.78 is 5.53. The number of aliphatic imine (C=N–C) groups is 1. The fraction of sp³-hybridized carbons (Fsp3) is 0.889. The van der Waals surface area contributed by atoms with E-state index in [0.717, 1.165) is 31.9 Å². The molecule has 7 heteroatoms. The van der Waals surface area contributed by atoms with Crippen molar-refractivity contribution in [3.05, 3.63) is 0 Å². The number of nitrogens with zero attached hydrogens (tertiary/aromatic N) is 3. The number of hydrogen-bond acceptors (Lipinski definition) is 3. The molecule has 2 fully saturated rings. The second-order valence-electron chi connectivity index (χ2n) is 8.07. The molecular weight excluding hydrogens is 431 g/mol. The van der Waals surface area contributed by atoms with Crippen molar-refractivity contribution >= 4 is 36.0 Å². The van der Waals surface area contributed by atoms with Crippen LogP contribution in [-0.2, 0) is 4.74 Å². The van der Waals surface area contributed by atoms with Gasteiger partial charge in [0.25, 0.3) is 0 Å². The molecule has 0 aromatic carbocycles. The van der Waals surface area contributed by atoms with E-state index in [1.54, 1.807) is 0 Å². The molecule has 1 N–H and O–H groups in total. The van der Waals surface area contributed by atoms with E-state index in [0.29, 0.717) is 25.0 Å². The Morgan fingerprint density at radius 2 is 2.00 bits per heavy atom. The first-order chi connectivity index (χ1) is 11.3. The summed E-state index contributed by atoms with van der Waals surface area (Å²) in [5.74, 6) is 1.66. The number of carbonyl (C=O) groups is 1. The summed E-state index contributed by atoms with van der Waals surface area (Å²) in [4.78, 5) is 21.0. The highest BCUT2D eigenvalue weighted by Crippen LogP contribution is 2.28. The van der Waals surface area contributed by atoms with E-state index in [1.165, 1.54) is 12.8 Å². The molecule has 146 valence electrons. The van der Waals surface area contributed by atoms with E-state index in [4.69, 9.17) is 4.74 Å². The third-order valence-electron chi connectivity index (χ3n) is 4.42. The van der Waals surface area contributed by atoms with E-state index in [-0.39, 0.29) is 30.1 Å². The third-order valence-corrected chi connectivity index (χ3v) is 4.42. The van der Waals surface area contributed by atoms with E-state index >= 15 is 0 Å². The predicted octanol–water partition coefficient (Wildman–Crippen LogP) is 3.31. The van der Waals surface area contributed by atoms with Crippen LogP contribution in [0, 0.1) is 5.92 Å². The van der Waals surface area contributed by atoms with Crippen molar-refractivity contribution in [1.29, 1.82) is 0 Å². The summed E-state index contributed by atoms with van der Waals surface area (Å²) in [6, 6.07) is 0.346. The monoisotopic (exact) mass is 466 g/mol. The zero-order valence-electron chi connectivity index (χ0n) is 16.4. The smallest absolute Gasteiger partial charge is 0.410 e. The Bertz CT molecular complexity index is 460. The van der Waals surface area contributed by atoms with Gasteiger partial charge in [-0.1, -0.05) is 6.92 Å². The van der Waals surface area contributed by atoms with Gasteiger partial charge in [0.1, 0.15) is 5.60 Å². The van der Waals surface area contributed by atoms with Crippen molar-refractivity contribution < 1.29 is 9.53 Å². The van der Waals surface area contributed by atoms with Gasteiger partial charge >= 0.3 is 6.09 Å². The maximum Gasteiger partial charge on any atom is 0.410 e. The topological polar surface area (TPSA) is 57.2 Å². The molecule has 1 aliphatic heterocycles. The van der Waals surface area contributed by atoms with Crippen molar-refractivity contribution in [2.75, 3.05) is 33.2 Å². The number of halogens is 1. The molecule has 25 heavy (non-hydrogen) atoms. The molecule has 6 nitrogen and oxygen atoms in total. The van der Waals surface area contributed by atoms with Gasteiger partial charge in [-0.3, -0.25) is 4.99 Å². The molecule has 1 heterocycles. The molecule has 1 saturated heterocycles. The minimum Gasteiger partial charge on any atom is -0.444 e. The number of hydrogen-bond donors (Lipinski definition) is 1. The lowest BCUT2D eigenvalue weighted by Gasteiger charge is -2.34. The van der Waals surface area contributed by atoms with Crippen LogP contribution in [0.1, 0.15) is 53.4 Å². The minimum absolute atomic E-state index is 0. The molecular formula is C18H35IN4O2. The van der Waals surface area contributed by atoms with E-state index in [2.05, 4.69) is 22.1 Å². The fourth-order valence-corrected chi connectivity index (χ4v) is 3.13. The van der Waals surface area contributed by atoms with Gasteiger partial charge in [0.15, 0.2) is 5.96 Å². The molecule has 1 saturated carbocycles. The van der Waals surface area contributed by atoms with Gasteiger partial charge in [-0.25, -0.2) is 4.79 Å². The third kappa shape index (κ3) is 7.58. The maximum atomic E-state index is 12.4. The first-order valence-corrected chi connectivity index (χ1v) is 9.25. The molecule has 1 amide bonds. The molecule has 1 unspecified atom stereocenters. The fourth-order valence-electron chi connectivity index (χ4n) is 3.13. The van der Waals surface area contributed by atoms with Crippen LogP contribution in [0.15, 0.2) is 4.99 Å². The quantitative estimate of drug-likeness (QED) is 0.393. The molecule has 1 aliphatic carbocycles. The lowest BCUT2D eigenvalue weighted by Crippen LogP contribution is -2.49. The van der Waals surface area contributed by atoms with Gasteiger partial charge in [0.05, 0.1) is 0 Å². The average Bonchev–Trinajstić information content (AvgIpc) is 3.30. The van der Waals surface area contributed by atoms with Crippen LogP contribution in [0.3, 0.4) is 0 Å². The zero-order chi connectivity index (χ0) is 17.7. The van der Waals surface area contributed by atoms with Crippen molar-refractivity contribution in [2.24, 2.45) is 10.9 Å². The molecule has 0 bridgehead atoms. The SMILES string of the molecule is CN=C(NCCN(C(=O)OC(C)(C)C)C1CC1)N1CCCC(C)C1.I. The molecule has 1 atom stereocenters. The number of likely N-dealkylation sites (tertiary alicyclic amines) is 1. The first-order valence-electron chi connectivity index (χ1n) is 9.25. The van der Waals surface area contributed by atoms with Crippen molar-refractivity contribution in [3.63, 3.8) is 0 Å². The van der Waals surface area contributed by atoms with E-state index in [1.807, 2.05) is 32.7 Å². The minimum atomic E-state index is -0.447. The van der Waals surface area contributed by atoms with Crippen LogP contribution in [-0.4, -0.2) is 66.7 Å². The summed E-state index contributed by atoms with van der Waals surface area (Å²) in [6.45, 7) is 11.5.